The van der Waals surface area contributed by atoms with Gasteiger partial charge in [-0.1, -0.05) is 13.3 Å². The summed E-state index contributed by atoms with van der Waals surface area (Å²) in [6, 6.07) is 1.70. The first-order chi connectivity index (χ1) is 17.2. The third-order valence-corrected chi connectivity index (χ3v) is 10.6. The smallest absolute Gasteiger partial charge is 0.277 e. The number of H-pyrrole nitrogens is 1. The van der Waals surface area contributed by atoms with Gasteiger partial charge in [0.2, 0.25) is 0 Å². The number of aromatic amines is 1. The normalized spacial score (nSPS) is 18.9. The lowest BCUT2D eigenvalue weighted by atomic mass is 10.2. The largest absolute Gasteiger partial charge is 0.360 e. The fraction of sp³-hybridized carbons (Fsp3) is 0.609. The van der Waals surface area contributed by atoms with Gasteiger partial charge in [-0.25, -0.2) is 13.4 Å². The summed E-state index contributed by atoms with van der Waals surface area (Å²) in [5.41, 5.74) is 2.18. The van der Waals surface area contributed by atoms with E-state index in [1.165, 1.54) is 11.3 Å². The van der Waals surface area contributed by atoms with Gasteiger partial charge in [-0.2, -0.15) is 9.40 Å². The molecule has 0 bridgehead atoms. The first-order valence-electron chi connectivity index (χ1n) is 12.4. The van der Waals surface area contributed by atoms with E-state index in [2.05, 4.69) is 38.8 Å². The van der Waals surface area contributed by atoms with Crippen LogP contribution in [0.15, 0.2) is 15.1 Å². The van der Waals surface area contributed by atoms with Gasteiger partial charge in [0.15, 0.2) is 5.52 Å². The van der Waals surface area contributed by atoms with Crippen LogP contribution in [0, 0.1) is 0 Å². The summed E-state index contributed by atoms with van der Waals surface area (Å²) in [5, 5.41) is 5.35. The number of likely N-dealkylation sites (N-methyl/N-ethyl adjacent to an activating group) is 2. The molecule has 2 fully saturated rings. The fourth-order valence-electron chi connectivity index (χ4n) is 4.84. The second kappa shape index (κ2) is 9.86. The summed E-state index contributed by atoms with van der Waals surface area (Å²) in [6.45, 7) is 7.71. The van der Waals surface area contributed by atoms with E-state index in [9.17, 15) is 13.2 Å². The molecule has 13 heteroatoms. The Balaban J connectivity index is 1.63. The Labute approximate surface area is 215 Å². The monoisotopic (exact) mass is 534 g/mol. The summed E-state index contributed by atoms with van der Waals surface area (Å²) in [4.78, 5) is 27.5. The number of sulfonamides is 1. The zero-order chi connectivity index (χ0) is 25.6. The highest BCUT2D eigenvalue weighted by Crippen LogP contribution is 2.41. The van der Waals surface area contributed by atoms with Crippen LogP contribution in [-0.2, 0) is 23.5 Å². The van der Waals surface area contributed by atoms with Crippen molar-refractivity contribution in [1.29, 1.82) is 0 Å². The zero-order valence-corrected chi connectivity index (χ0v) is 23.0. The maximum absolute atomic E-state index is 13.6. The van der Waals surface area contributed by atoms with E-state index in [-0.39, 0.29) is 5.56 Å². The van der Waals surface area contributed by atoms with Crippen molar-refractivity contribution in [2.75, 3.05) is 71.4 Å². The van der Waals surface area contributed by atoms with Crippen molar-refractivity contribution < 1.29 is 8.42 Å². The number of piperazine rings is 2. The molecule has 0 amide bonds. The van der Waals surface area contributed by atoms with E-state index in [4.69, 9.17) is 4.98 Å². The third kappa shape index (κ3) is 4.58. The van der Waals surface area contributed by atoms with E-state index in [1.54, 1.807) is 22.1 Å². The highest BCUT2D eigenvalue weighted by atomic mass is 32.2. The molecule has 5 rings (SSSR count). The van der Waals surface area contributed by atoms with E-state index in [0.717, 1.165) is 43.3 Å². The molecular formula is C23H34N8O3S2. The highest BCUT2D eigenvalue weighted by molar-refractivity contribution is 7.91. The third-order valence-electron chi connectivity index (χ3n) is 7.04. The van der Waals surface area contributed by atoms with Gasteiger partial charge in [-0.05, 0) is 26.6 Å². The van der Waals surface area contributed by atoms with Crippen LogP contribution in [0.2, 0.25) is 0 Å². The number of thiophene rings is 1. The Morgan fingerprint density at radius 2 is 1.64 bits per heavy atom. The number of hydrogen-bond donors (Lipinski definition) is 1. The summed E-state index contributed by atoms with van der Waals surface area (Å²) in [7, 11) is 2.18. The van der Waals surface area contributed by atoms with E-state index >= 15 is 0 Å². The molecule has 0 saturated carbocycles. The minimum absolute atomic E-state index is 0.272. The Morgan fingerprint density at radius 1 is 1.00 bits per heavy atom. The number of aryl methyl sites for hydroxylation is 2. The molecular weight excluding hydrogens is 500 g/mol. The lowest BCUT2D eigenvalue weighted by Gasteiger charge is -2.33. The Morgan fingerprint density at radius 3 is 2.28 bits per heavy atom. The molecule has 0 atom stereocenters. The molecule has 36 heavy (non-hydrogen) atoms. The fourth-order valence-corrected chi connectivity index (χ4v) is 7.92. The first kappa shape index (κ1) is 25.3. The average Bonchev–Trinajstić information content (AvgIpc) is 3.43. The van der Waals surface area contributed by atoms with Gasteiger partial charge in [0.1, 0.15) is 20.6 Å². The Hall–Kier alpha value is -2.32. The molecule has 2 aliphatic heterocycles. The van der Waals surface area contributed by atoms with Gasteiger partial charge in [0, 0.05) is 59.4 Å². The molecule has 0 aromatic carbocycles. The lowest BCUT2D eigenvalue weighted by molar-refractivity contribution is 0.222. The molecule has 3 aromatic heterocycles. The number of fused-ring (bicyclic) bond motifs is 1. The quantitative estimate of drug-likeness (QED) is 0.499. The Bertz CT molecular complexity index is 1410. The van der Waals surface area contributed by atoms with Crippen molar-refractivity contribution in [2.45, 2.75) is 24.0 Å². The van der Waals surface area contributed by atoms with Crippen LogP contribution >= 0.6 is 11.3 Å². The van der Waals surface area contributed by atoms with Crippen LogP contribution in [0.3, 0.4) is 0 Å². The second-order valence-electron chi connectivity index (χ2n) is 9.71. The number of anilines is 1. The van der Waals surface area contributed by atoms with E-state index < -0.39 is 10.0 Å². The van der Waals surface area contributed by atoms with Crippen LogP contribution < -0.4 is 10.5 Å². The lowest BCUT2D eigenvalue weighted by Crippen LogP contribution is -2.46. The van der Waals surface area contributed by atoms with Gasteiger partial charge in [-0.3, -0.25) is 9.48 Å². The summed E-state index contributed by atoms with van der Waals surface area (Å²) >= 11 is 1.28. The molecule has 0 spiro atoms. The number of aromatic nitrogens is 4. The van der Waals surface area contributed by atoms with Crippen molar-refractivity contribution >= 4 is 37.4 Å². The van der Waals surface area contributed by atoms with Crippen molar-refractivity contribution in [1.82, 2.24) is 33.9 Å². The topological polar surface area (TPSA) is 111 Å². The minimum atomic E-state index is -3.66. The van der Waals surface area contributed by atoms with Gasteiger partial charge >= 0.3 is 0 Å². The Kier molecular flexibility index (Phi) is 6.94. The molecule has 0 unspecified atom stereocenters. The van der Waals surface area contributed by atoms with Crippen LogP contribution in [0.1, 0.15) is 19.0 Å². The van der Waals surface area contributed by atoms with Crippen LogP contribution in [0.5, 0.6) is 0 Å². The van der Waals surface area contributed by atoms with E-state index in [1.807, 2.05) is 7.05 Å². The predicted molar refractivity (Wildman–Crippen MR) is 142 cm³/mol. The van der Waals surface area contributed by atoms with Gasteiger partial charge < -0.3 is 19.7 Å². The zero-order valence-electron chi connectivity index (χ0n) is 21.3. The maximum atomic E-state index is 13.6. The van der Waals surface area contributed by atoms with Crippen LogP contribution in [0.4, 0.5) is 5.00 Å². The molecule has 0 radical (unpaired) electrons. The SMILES string of the molecule is CCCc1nn(C)c2c(=O)[nH]c(-c3cc(S(=O)(=O)N4CCN(C)CC4)sc3N3CCN(C)CC3)nc12. The molecule has 3 aromatic rings. The molecule has 196 valence electrons. The van der Waals surface area contributed by atoms with Gasteiger partial charge in [0.25, 0.3) is 15.6 Å². The predicted octanol–water partition coefficient (Wildman–Crippen LogP) is 1.03. The molecule has 2 aliphatic rings. The standard InChI is InChI=1S/C23H34N8O3S2/c1-5-6-17-19-20(29(4)26-17)22(32)25-21(24-19)16-15-18(35-23(16)30-11-7-27(2)8-12-30)36(33,34)31-13-9-28(3)10-14-31/h15H,5-14H2,1-4H3,(H,24,25,32). The van der Waals surface area contributed by atoms with Crippen LogP contribution in [0.25, 0.3) is 22.4 Å². The highest BCUT2D eigenvalue weighted by Gasteiger charge is 2.32. The summed E-state index contributed by atoms with van der Waals surface area (Å²) in [5.74, 6) is 0.392. The molecule has 11 nitrogen and oxygen atoms in total. The molecule has 2 saturated heterocycles. The molecule has 0 aliphatic carbocycles. The van der Waals surface area contributed by atoms with Crippen molar-refractivity contribution in [3.8, 4) is 11.4 Å². The molecule has 1 N–H and O–H groups in total. The number of nitrogens with zero attached hydrogens (tertiary/aromatic N) is 7. The van der Waals surface area contributed by atoms with Gasteiger partial charge in [0.05, 0.1) is 11.3 Å². The van der Waals surface area contributed by atoms with Crippen LogP contribution in [-0.4, -0.2) is 109 Å². The van der Waals surface area contributed by atoms with E-state index in [0.29, 0.717) is 59.2 Å². The average molecular weight is 535 g/mol. The second-order valence-corrected chi connectivity index (χ2v) is 12.9. The number of nitrogens with one attached hydrogen (secondary N) is 1. The van der Waals surface area contributed by atoms with Crippen molar-refractivity contribution in [3.05, 3.63) is 22.1 Å². The molecule has 5 heterocycles. The first-order valence-corrected chi connectivity index (χ1v) is 14.7. The number of rotatable bonds is 6. The van der Waals surface area contributed by atoms with Crippen molar-refractivity contribution in [2.24, 2.45) is 7.05 Å². The maximum Gasteiger partial charge on any atom is 0.277 e. The minimum Gasteiger partial charge on any atom is -0.360 e. The van der Waals surface area contributed by atoms with Gasteiger partial charge in [-0.15, -0.1) is 11.3 Å². The van der Waals surface area contributed by atoms with Crippen molar-refractivity contribution in [3.63, 3.8) is 0 Å². The summed E-state index contributed by atoms with van der Waals surface area (Å²) in [6.07, 6.45) is 1.60. The number of hydrogen-bond acceptors (Lipinski definition) is 9. The summed E-state index contributed by atoms with van der Waals surface area (Å²) < 4.78 is 30.7.